The molecule has 0 aromatic heterocycles. The van der Waals surface area contributed by atoms with E-state index in [4.69, 9.17) is 11.5 Å². The Kier molecular flexibility index (Phi) is 9.00. The SMILES string of the molecule is C#CCC.C/C=N\N1Cc2c(cccc2-c2ccc(P)cc2)C(O)=C1C(=O)NCC(=O)O. The molecule has 0 saturated heterocycles. The van der Waals surface area contributed by atoms with Crippen molar-refractivity contribution >= 4 is 38.4 Å². The third kappa shape index (κ3) is 5.96. The van der Waals surface area contributed by atoms with E-state index >= 15 is 0 Å². The van der Waals surface area contributed by atoms with Gasteiger partial charge in [0.1, 0.15) is 6.54 Å². The molecule has 0 fully saturated rings. The van der Waals surface area contributed by atoms with Gasteiger partial charge in [0.25, 0.3) is 5.91 Å². The number of nitrogens with one attached hydrogen (secondary N) is 1. The zero-order valence-corrected chi connectivity index (χ0v) is 19.2. The molecule has 7 nitrogen and oxygen atoms in total. The van der Waals surface area contributed by atoms with E-state index in [2.05, 4.69) is 25.6 Å². The fraction of sp³-hybridized carbons (Fsp3) is 0.208. The molecule has 2 aromatic carbocycles. The number of carbonyl (C=O) groups is 2. The summed E-state index contributed by atoms with van der Waals surface area (Å²) in [7, 11) is 2.64. The highest BCUT2D eigenvalue weighted by Gasteiger charge is 2.31. The van der Waals surface area contributed by atoms with Gasteiger partial charge in [0.2, 0.25) is 0 Å². The first-order valence-corrected chi connectivity index (χ1v) is 10.5. The van der Waals surface area contributed by atoms with E-state index in [1.807, 2.05) is 43.3 Å². The standard InChI is InChI=1S/C20H20N3O4P.C4H6/c1-2-22-23-11-16-14(12-6-8-13(28)9-7-12)4-3-5-15(16)19(26)18(23)20(27)21-10-17(24)25;1-3-4-2/h2-9,26H,10-11,28H2,1H3,(H,21,27)(H,24,25);1H,4H2,2H3/b22-2-;. The maximum absolute atomic E-state index is 12.5. The molecule has 0 saturated carbocycles. The van der Waals surface area contributed by atoms with Crippen LogP contribution in [0.3, 0.4) is 0 Å². The van der Waals surface area contributed by atoms with Crippen LogP contribution in [0.15, 0.2) is 53.3 Å². The van der Waals surface area contributed by atoms with Crippen molar-refractivity contribution in [1.29, 1.82) is 0 Å². The number of hydrogen-bond donors (Lipinski definition) is 3. The summed E-state index contributed by atoms with van der Waals surface area (Å²) in [5.74, 6) is 0.322. The first-order valence-electron chi connectivity index (χ1n) is 9.94. The van der Waals surface area contributed by atoms with Gasteiger partial charge >= 0.3 is 5.97 Å². The van der Waals surface area contributed by atoms with Gasteiger partial charge in [-0.2, -0.15) is 5.10 Å². The van der Waals surface area contributed by atoms with Crippen LogP contribution in [0.1, 0.15) is 31.4 Å². The van der Waals surface area contributed by atoms with Crippen LogP contribution in [0.25, 0.3) is 16.9 Å². The van der Waals surface area contributed by atoms with Crippen LogP contribution in [-0.2, 0) is 16.1 Å². The summed E-state index contributed by atoms with van der Waals surface area (Å²) in [5.41, 5.74) is 3.18. The number of rotatable bonds is 5. The second-order valence-electron chi connectivity index (χ2n) is 6.72. The van der Waals surface area contributed by atoms with Gasteiger partial charge in [-0.05, 0) is 28.9 Å². The molecule has 3 rings (SSSR count). The van der Waals surface area contributed by atoms with Crippen LogP contribution in [-0.4, -0.2) is 39.9 Å². The van der Waals surface area contributed by atoms with Crippen molar-refractivity contribution in [2.45, 2.75) is 26.8 Å². The van der Waals surface area contributed by atoms with E-state index in [1.165, 1.54) is 11.2 Å². The van der Waals surface area contributed by atoms with Crippen molar-refractivity contribution < 1.29 is 19.8 Å². The summed E-state index contributed by atoms with van der Waals surface area (Å²) in [6.45, 7) is 3.36. The molecule has 1 aliphatic heterocycles. The zero-order valence-electron chi connectivity index (χ0n) is 18.0. The Morgan fingerprint density at radius 2 is 1.88 bits per heavy atom. The predicted molar refractivity (Wildman–Crippen MR) is 130 cm³/mol. The Morgan fingerprint density at radius 1 is 1.25 bits per heavy atom. The van der Waals surface area contributed by atoms with E-state index in [0.717, 1.165) is 28.4 Å². The van der Waals surface area contributed by atoms with Crippen molar-refractivity contribution in [3.8, 4) is 23.5 Å². The van der Waals surface area contributed by atoms with Crippen molar-refractivity contribution in [2.75, 3.05) is 6.54 Å². The smallest absolute Gasteiger partial charge is 0.322 e. The van der Waals surface area contributed by atoms with Crippen LogP contribution >= 0.6 is 9.24 Å². The predicted octanol–water partition coefficient (Wildman–Crippen LogP) is 3.13. The Balaban J connectivity index is 0.000000837. The summed E-state index contributed by atoms with van der Waals surface area (Å²) < 4.78 is 0. The van der Waals surface area contributed by atoms with E-state index in [1.54, 1.807) is 13.0 Å². The molecule has 0 aliphatic carbocycles. The normalized spacial score (nSPS) is 12.5. The number of hydrogen-bond acceptors (Lipinski definition) is 5. The number of aliphatic hydroxyl groups excluding tert-OH is 1. The summed E-state index contributed by atoms with van der Waals surface area (Å²) in [6.07, 6.45) is 7.13. The zero-order chi connectivity index (χ0) is 23.7. The maximum Gasteiger partial charge on any atom is 0.322 e. The number of amides is 1. The van der Waals surface area contributed by atoms with Crippen molar-refractivity contribution in [2.24, 2.45) is 5.10 Å². The van der Waals surface area contributed by atoms with Crippen LogP contribution in [0.5, 0.6) is 0 Å². The van der Waals surface area contributed by atoms with Gasteiger partial charge in [-0.3, -0.25) is 14.6 Å². The number of terminal acetylenes is 1. The second kappa shape index (κ2) is 11.7. The molecule has 2 aromatic rings. The molecule has 0 spiro atoms. The molecule has 0 bridgehead atoms. The minimum absolute atomic E-state index is 0.0793. The van der Waals surface area contributed by atoms with E-state index in [9.17, 15) is 14.7 Å². The minimum Gasteiger partial charge on any atom is -0.505 e. The van der Waals surface area contributed by atoms with Crippen LogP contribution in [0.4, 0.5) is 0 Å². The largest absolute Gasteiger partial charge is 0.505 e. The molecule has 32 heavy (non-hydrogen) atoms. The number of aliphatic hydroxyl groups is 1. The maximum atomic E-state index is 12.5. The van der Waals surface area contributed by atoms with Crippen molar-refractivity contribution in [3.63, 3.8) is 0 Å². The first-order chi connectivity index (χ1) is 15.3. The molecular weight excluding hydrogens is 425 g/mol. The Bertz CT molecular complexity index is 1090. The lowest BCUT2D eigenvalue weighted by atomic mass is 9.91. The number of carboxylic acid groups (broad SMARTS) is 1. The molecule has 3 N–H and O–H groups in total. The van der Waals surface area contributed by atoms with E-state index in [-0.39, 0.29) is 18.0 Å². The molecule has 1 heterocycles. The lowest BCUT2D eigenvalue weighted by molar-refractivity contribution is -0.137. The summed E-state index contributed by atoms with van der Waals surface area (Å²) >= 11 is 0. The Morgan fingerprint density at radius 3 is 2.44 bits per heavy atom. The average Bonchev–Trinajstić information content (AvgIpc) is 2.78. The van der Waals surface area contributed by atoms with Gasteiger partial charge in [-0.15, -0.1) is 21.6 Å². The number of benzene rings is 2. The molecule has 1 amide bonds. The molecular formula is C24H26N3O4P. The first kappa shape index (κ1) is 24.6. The summed E-state index contributed by atoms with van der Waals surface area (Å²) in [5, 5.41) is 28.5. The third-order valence-electron chi connectivity index (χ3n) is 4.52. The van der Waals surface area contributed by atoms with Gasteiger partial charge < -0.3 is 15.5 Å². The van der Waals surface area contributed by atoms with Gasteiger partial charge in [-0.1, -0.05) is 49.4 Å². The number of carboxylic acids is 1. The highest BCUT2D eigenvalue weighted by molar-refractivity contribution is 7.27. The van der Waals surface area contributed by atoms with Crippen LogP contribution in [0, 0.1) is 12.3 Å². The molecule has 1 unspecified atom stereocenters. The molecule has 8 heteroatoms. The summed E-state index contributed by atoms with van der Waals surface area (Å²) in [6, 6.07) is 13.4. The van der Waals surface area contributed by atoms with Gasteiger partial charge in [0, 0.05) is 18.2 Å². The number of nitrogens with zero attached hydrogens (tertiary/aromatic N) is 2. The lowest BCUT2D eigenvalue weighted by Gasteiger charge is -2.29. The fourth-order valence-electron chi connectivity index (χ4n) is 3.09. The highest BCUT2D eigenvalue weighted by atomic mass is 31.0. The minimum atomic E-state index is -1.17. The highest BCUT2D eigenvalue weighted by Crippen LogP contribution is 2.36. The van der Waals surface area contributed by atoms with Gasteiger partial charge in [0.15, 0.2) is 11.5 Å². The number of carbonyl (C=O) groups excluding carboxylic acids is 1. The molecule has 166 valence electrons. The average molecular weight is 451 g/mol. The third-order valence-corrected chi connectivity index (χ3v) is 4.90. The second-order valence-corrected chi connectivity index (χ2v) is 7.38. The topological polar surface area (TPSA) is 102 Å². The Hall–Kier alpha value is -3.62. The van der Waals surface area contributed by atoms with Crippen LogP contribution < -0.4 is 10.6 Å². The van der Waals surface area contributed by atoms with E-state index < -0.39 is 18.4 Å². The van der Waals surface area contributed by atoms with E-state index in [0.29, 0.717) is 5.56 Å². The summed E-state index contributed by atoms with van der Waals surface area (Å²) in [4.78, 5) is 23.3. The number of fused-ring (bicyclic) bond motifs is 1. The Labute approximate surface area is 190 Å². The molecule has 1 aliphatic rings. The number of hydrazone groups is 1. The van der Waals surface area contributed by atoms with Crippen molar-refractivity contribution in [3.05, 3.63) is 59.3 Å². The van der Waals surface area contributed by atoms with Gasteiger partial charge in [-0.25, -0.2) is 0 Å². The van der Waals surface area contributed by atoms with Crippen LogP contribution in [0.2, 0.25) is 0 Å². The quantitative estimate of drug-likeness (QED) is 0.368. The fourth-order valence-corrected chi connectivity index (χ4v) is 3.29. The van der Waals surface area contributed by atoms with Crippen molar-refractivity contribution in [1.82, 2.24) is 10.3 Å². The molecule has 0 radical (unpaired) electrons. The lowest BCUT2D eigenvalue weighted by Crippen LogP contribution is -2.38. The molecule has 1 atom stereocenters. The van der Waals surface area contributed by atoms with Gasteiger partial charge in [0.05, 0.1) is 6.54 Å². The number of aliphatic carboxylic acids is 1. The monoisotopic (exact) mass is 451 g/mol.